The second-order valence-corrected chi connectivity index (χ2v) is 14.1. The predicted molar refractivity (Wildman–Crippen MR) is 163 cm³/mol. The number of aromatic carboxylic acids is 1. The molecule has 2 aliphatic rings. The van der Waals surface area contributed by atoms with Gasteiger partial charge in [0.25, 0.3) is 0 Å². The number of carbonyl (C=O) groups is 2. The van der Waals surface area contributed by atoms with Crippen molar-refractivity contribution >= 4 is 28.9 Å². The first kappa shape index (κ1) is 31.4. The number of nitrogens with zero attached hydrogens (tertiary/aromatic N) is 3. The van der Waals surface area contributed by atoms with Gasteiger partial charge in [0.05, 0.1) is 12.3 Å². The fraction of sp³-hybridized carbons (Fsp3) is 0.656. The first-order valence-corrected chi connectivity index (χ1v) is 15.9. The molecule has 4 rings (SSSR count). The van der Waals surface area contributed by atoms with E-state index in [9.17, 15) is 19.8 Å². The van der Waals surface area contributed by atoms with Crippen LogP contribution >= 0.6 is 11.3 Å². The lowest BCUT2D eigenvalue weighted by molar-refractivity contribution is -0.124. The molecular weight excluding hydrogens is 538 g/mol. The average Bonchev–Trinajstić information content (AvgIpc) is 3.37. The van der Waals surface area contributed by atoms with Gasteiger partial charge in [-0.2, -0.15) is 0 Å². The standard InChI is InChI=1S/C32H47N3O5S/c1-21-6-8-23(9-7-21)30(37)35(26-19-27(32(2,3)4)41-29(26)31(38)39)24-10-12-25(13-11-24)40-28-18-22(14-15-33-28)20-34(5)16-17-36/h14-15,18-19,21,23-25,36H,6-13,16-17,20H2,1-5H3,(H,38,39). The molecule has 0 unspecified atom stereocenters. The van der Waals surface area contributed by atoms with Crippen LogP contribution < -0.4 is 9.64 Å². The summed E-state index contributed by atoms with van der Waals surface area (Å²) in [5.74, 6) is 0.279. The Balaban J connectivity index is 1.52. The highest BCUT2D eigenvalue weighted by Crippen LogP contribution is 2.42. The highest BCUT2D eigenvalue weighted by molar-refractivity contribution is 7.14. The number of amides is 1. The quantitative estimate of drug-likeness (QED) is 0.347. The van der Waals surface area contributed by atoms with E-state index in [2.05, 4.69) is 32.7 Å². The van der Waals surface area contributed by atoms with Gasteiger partial charge < -0.3 is 19.8 Å². The number of thiophene rings is 1. The van der Waals surface area contributed by atoms with Crippen molar-refractivity contribution in [1.82, 2.24) is 9.88 Å². The van der Waals surface area contributed by atoms with Crippen LogP contribution in [-0.2, 0) is 16.8 Å². The maximum atomic E-state index is 14.2. The van der Waals surface area contributed by atoms with Gasteiger partial charge in [0, 0.05) is 42.2 Å². The summed E-state index contributed by atoms with van der Waals surface area (Å²) in [6, 6.07) is 5.82. The SMILES string of the molecule is CC1CCC(C(=O)N(c2cc(C(C)(C)C)sc2C(=O)O)C2CCC(Oc3cc(CN(C)CCO)ccn3)CC2)CC1. The number of likely N-dealkylation sites (N-methyl/N-ethyl adjacent to an activating group) is 1. The summed E-state index contributed by atoms with van der Waals surface area (Å²) in [6.45, 7) is 9.91. The zero-order valence-electron chi connectivity index (χ0n) is 25.3. The number of carboxylic acids is 1. The number of carbonyl (C=O) groups excluding carboxylic acids is 1. The second kappa shape index (κ2) is 13.7. The van der Waals surface area contributed by atoms with Gasteiger partial charge in [-0.05, 0) is 87.4 Å². The third kappa shape index (κ3) is 8.08. The Bertz CT molecular complexity index is 1180. The van der Waals surface area contributed by atoms with Crippen LogP contribution in [0.15, 0.2) is 24.4 Å². The molecule has 41 heavy (non-hydrogen) atoms. The molecule has 2 heterocycles. The Morgan fingerprint density at radius 1 is 1.07 bits per heavy atom. The molecule has 226 valence electrons. The van der Waals surface area contributed by atoms with Crippen molar-refractivity contribution in [2.75, 3.05) is 25.1 Å². The minimum absolute atomic E-state index is 0.0109. The number of anilines is 1. The van der Waals surface area contributed by atoms with Crippen molar-refractivity contribution in [2.24, 2.45) is 11.8 Å². The fourth-order valence-electron chi connectivity index (χ4n) is 6.05. The molecule has 0 aliphatic heterocycles. The lowest BCUT2D eigenvalue weighted by Gasteiger charge is -2.39. The molecule has 0 aromatic carbocycles. The molecule has 2 fully saturated rings. The molecule has 0 bridgehead atoms. The molecule has 2 aliphatic carbocycles. The summed E-state index contributed by atoms with van der Waals surface area (Å²) < 4.78 is 6.30. The van der Waals surface area contributed by atoms with E-state index < -0.39 is 5.97 Å². The number of pyridine rings is 1. The summed E-state index contributed by atoms with van der Waals surface area (Å²) >= 11 is 1.30. The molecule has 2 aromatic rings. The van der Waals surface area contributed by atoms with Gasteiger partial charge in [-0.3, -0.25) is 9.69 Å². The van der Waals surface area contributed by atoms with Crippen molar-refractivity contribution in [3.63, 3.8) is 0 Å². The lowest BCUT2D eigenvalue weighted by Crippen LogP contribution is -2.47. The van der Waals surface area contributed by atoms with E-state index in [1.807, 2.05) is 35.0 Å². The van der Waals surface area contributed by atoms with Gasteiger partial charge in [0.2, 0.25) is 11.8 Å². The van der Waals surface area contributed by atoms with Crippen LogP contribution in [0.2, 0.25) is 0 Å². The van der Waals surface area contributed by atoms with Crippen LogP contribution in [0.1, 0.15) is 99.2 Å². The van der Waals surface area contributed by atoms with Crippen molar-refractivity contribution in [2.45, 2.75) is 103 Å². The van der Waals surface area contributed by atoms with Crippen LogP contribution in [-0.4, -0.2) is 64.3 Å². The van der Waals surface area contributed by atoms with E-state index in [0.717, 1.165) is 61.8 Å². The summed E-state index contributed by atoms with van der Waals surface area (Å²) in [5.41, 5.74) is 1.44. The van der Waals surface area contributed by atoms with Crippen molar-refractivity contribution in [3.05, 3.63) is 39.7 Å². The van der Waals surface area contributed by atoms with Crippen molar-refractivity contribution < 1.29 is 24.5 Å². The Labute approximate surface area is 248 Å². The van der Waals surface area contributed by atoms with Gasteiger partial charge in [-0.1, -0.05) is 27.7 Å². The third-order valence-electron chi connectivity index (χ3n) is 8.54. The molecule has 1 amide bonds. The zero-order valence-corrected chi connectivity index (χ0v) is 26.1. The maximum absolute atomic E-state index is 14.2. The van der Waals surface area contributed by atoms with Gasteiger partial charge in [-0.25, -0.2) is 9.78 Å². The van der Waals surface area contributed by atoms with Gasteiger partial charge >= 0.3 is 5.97 Å². The summed E-state index contributed by atoms with van der Waals surface area (Å²) in [6.07, 6.45) is 8.58. The third-order valence-corrected chi connectivity index (χ3v) is 10.1. The molecule has 9 heteroatoms. The normalized spacial score (nSPS) is 23.4. The first-order valence-electron chi connectivity index (χ1n) is 15.1. The molecule has 0 radical (unpaired) electrons. The van der Waals surface area contributed by atoms with E-state index in [0.29, 0.717) is 30.6 Å². The monoisotopic (exact) mass is 585 g/mol. The second-order valence-electron chi connectivity index (χ2n) is 13.1. The Morgan fingerprint density at radius 2 is 1.76 bits per heavy atom. The van der Waals surface area contributed by atoms with Gasteiger partial charge in [0.1, 0.15) is 11.0 Å². The highest BCUT2D eigenvalue weighted by atomic mass is 32.1. The van der Waals surface area contributed by atoms with Gasteiger partial charge in [0.15, 0.2) is 0 Å². The molecule has 0 atom stereocenters. The smallest absolute Gasteiger partial charge is 0.348 e. The number of aliphatic hydroxyl groups excluding tert-OH is 1. The van der Waals surface area contributed by atoms with Crippen molar-refractivity contribution in [1.29, 1.82) is 0 Å². The van der Waals surface area contributed by atoms with Crippen molar-refractivity contribution in [3.8, 4) is 5.88 Å². The number of hydrogen-bond donors (Lipinski definition) is 2. The molecule has 2 N–H and O–H groups in total. The number of aliphatic hydroxyl groups is 1. The van der Waals surface area contributed by atoms with E-state index in [1.165, 1.54) is 11.3 Å². The Hall–Kier alpha value is -2.49. The Morgan fingerprint density at radius 3 is 2.37 bits per heavy atom. The molecular formula is C32H47N3O5S. The molecule has 2 saturated carbocycles. The van der Waals surface area contributed by atoms with Crippen LogP contribution in [0.5, 0.6) is 5.88 Å². The number of carboxylic acid groups (broad SMARTS) is 1. The Kier molecular flexibility index (Phi) is 10.5. The average molecular weight is 586 g/mol. The minimum Gasteiger partial charge on any atom is -0.477 e. The summed E-state index contributed by atoms with van der Waals surface area (Å²) in [4.78, 5) is 36.2. The van der Waals surface area contributed by atoms with Crippen LogP contribution in [0.3, 0.4) is 0 Å². The number of ether oxygens (including phenoxy) is 1. The summed E-state index contributed by atoms with van der Waals surface area (Å²) in [5, 5.41) is 19.3. The maximum Gasteiger partial charge on any atom is 0.348 e. The molecule has 0 saturated heterocycles. The topological polar surface area (TPSA) is 103 Å². The number of aromatic nitrogens is 1. The first-order chi connectivity index (χ1) is 19.5. The van der Waals surface area contributed by atoms with E-state index in [1.54, 1.807) is 6.20 Å². The number of rotatable bonds is 10. The van der Waals surface area contributed by atoms with Crippen LogP contribution in [0.25, 0.3) is 0 Å². The fourth-order valence-corrected chi connectivity index (χ4v) is 7.09. The van der Waals surface area contributed by atoms with Crippen LogP contribution in [0.4, 0.5) is 5.69 Å². The minimum atomic E-state index is -0.969. The van der Waals surface area contributed by atoms with E-state index >= 15 is 0 Å². The van der Waals surface area contributed by atoms with E-state index in [-0.39, 0.29) is 40.9 Å². The molecule has 0 spiro atoms. The summed E-state index contributed by atoms with van der Waals surface area (Å²) in [7, 11) is 1.97. The largest absolute Gasteiger partial charge is 0.477 e. The molecule has 2 aromatic heterocycles. The number of hydrogen-bond acceptors (Lipinski definition) is 7. The van der Waals surface area contributed by atoms with Crippen LogP contribution in [0, 0.1) is 11.8 Å². The highest BCUT2D eigenvalue weighted by Gasteiger charge is 2.38. The zero-order chi connectivity index (χ0) is 29.7. The predicted octanol–water partition coefficient (Wildman–Crippen LogP) is 6.11. The van der Waals surface area contributed by atoms with Gasteiger partial charge in [-0.15, -0.1) is 11.3 Å². The lowest BCUT2D eigenvalue weighted by atomic mass is 9.81. The van der Waals surface area contributed by atoms with E-state index in [4.69, 9.17) is 4.74 Å². The molecule has 8 nitrogen and oxygen atoms in total.